The molecule has 0 bridgehead atoms. The Morgan fingerprint density at radius 1 is 1.21 bits per heavy atom. The van der Waals surface area contributed by atoms with Crippen LogP contribution in [-0.2, 0) is 0 Å². The second kappa shape index (κ2) is 4.93. The molecule has 0 saturated carbocycles. The third-order valence-electron chi connectivity index (χ3n) is 3.54. The maximum absolute atomic E-state index is 6.02. The molecule has 4 heteroatoms. The number of anilines is 2. The normalized spacial score (nSPS) is 23.8. The molecule has 1 aromatic carbocycles. The summed E-state index contributed by atoms with van der Waals surface area (Å²) in [6.07, 6.45) is 1.81. The van der Waals surface area contributed by atoms with E-state index >= 15 is 0 Å². The lowest BCUT2D eigenvalue weighted by Crippen LogP contribution is -2.40. The van der Waals surface area contributed by atoms with Crippen LogP contribution in [0.2, 0.25) is 0 Å². The van der Waals surface area contributed by atoms with E-state index in [0.29, 0.717) is 10.5 Å². The highest BCUT2D eigenvalue weighted by molar-refractivity contribution is 8.00. The summed E-state index contributed by atoms with van der Waals surface area (Å²) in [6, 6.07) is 8.21. The van der Waals surface area contributed by atoms with Crippen molar-refractivity contribution in [1.82, 2.24) is 4.98 Å². The molecule has 1 fully saturated rings. The van der Waals surface area contributed by atoms with Gasteiger partial charge < -0.3 is 10.6 Å². The monoisotopic (exact) mass is 273 g/mol. The van der Waals surface area contributed by atoms with Crippen molar-refractivity contribution in [3.05, 3.63) is 30.5 Å². The smallest absolute Gasteiger partial charge is 0.0951 e. The number of hydrogen-bond acceptors (Lipinski definition) is 4. The minimum atomic E-state index is 0.660. The Morgan fingerprint density at radius 3 is 2.68 bits per heavy atom. The predicted molar refractivity (Wildman–Crippen MR) is 84.9 cm³/mol. The molecule has 2 aromatic rings. The molecular weight excluding hydrogens is 254 g/mol. The van der Waals surface area contributed by atoms with E-state index in [0.717, 1.165) is 29.7 Å². The van der Waals surface area contributed by atoms with Gasteiger partial charge in [-0.2, -0.15) is 11.8 Å². The Bertz CT molecular complexity index is 589. The van der Waals surface area contributed by atoms with Crippen LogP contribution in [0.4, 0.5) is 11.4 Å². The molecule has 2 heterocycles. The lowest BCUT2D eigenvalue weighted by atomic mass is 10.1. The number of aromatic nitrogens is 1. The van der Waals surface area contributed by atoms with Gasteiger partial charge in [-0.3, -0.25) is 4.98 Å². The van der Waals surface area contributed by atoms with Crippen LogP contribution in [-0.4, -0.2) is 28.6 Å². The van der Waals surface area contributed by atoms with Gasteiger partial charge in [-0.25, -0.2) is 0 Å². The molecule has 2 N–H and O–H groups in total. The molecule has 0 amide bonds. The predicted octanol–water partition coefficient (Wildman–Crippen LogP) is 3.15. The van der Waals surface area contributed by atoms with Crippen molar-refractivity contribution in [3.63, 3.8) is 0 Å². The molecular formula is C15H19N3S. The van der Waals surface area contributed by atoms with E-state index in [1.165, 1.54) is 5.69 Å². The van der Waals surface area contributed by atoms with Gasteiger partial charge in [0.25, 0.3) is 0 Å². The van der Waals surface area contributed by atoms with Crippen molar-refractivity contribution in [2.75, 3.05) is 23.7 Å². The Hall–Kier alpha value is -1.42. The molecule has 1 saturated heterocycles. The molecule has 1 aliphatic rings. The molecule has 3 rings (SSSR count). The van der Waals surface area contributed by atoms with Crippen LogP contribution in [0.5, 0.6) is 0 Å². The Morgan fingerprint density at radius 2 is 1.95 bits per heavy atom. The summed E-state index contributed by atoms with van der Waals surface area (Å²) in [7, 11) is 0. The highest BCUT2D eigenvalue weighted by Crippen LogP contribution is 2.34. The molecule has 0 radical (unpaired) electrons. The topological polar surface area (TPSA) is 42.1 Å². The Kier molecular flexibility index (Phi) is 3.27. The number of nitrogen functional groups attached to an aromatic ring is 1. The summed E-state index contributed by atoms with van der Waals surface area (Å²) in [4.78, 5) is 6.88. The van der Waals surface area contributed by atoms with Crippen LogP contribution >= 0.6 is 11.8 Å². The van der Waals surface area contributed by atoms with Crippen molar-refractivity contribution in [2.45, 2.75) is 24.3 Å². The van der Waals surface area contributed by atoms with Gasteiger partial charge in [0.15, 0.2) is 0 Å². The summed E-state index contributed by atoms with van der Waals surface area (Å²) in [6.45, 7) is 6.77. The summed E-state index contributed by atoms with van der Waals surface area (Å²) in [5, 5.41) is 2.48. The van der Waals surface area contributed by atoms with E-state index in [-0.39, 0.29) is 0 Å². The van der Waals surface area contributed by atoms with Gasteiger partial charge in [-0.05, 0) is 24.3 Å². The van der Waals surface area contributed by atoms with Gasteiger partial charge in [0.1, 0.15) is 0 Å². The lowest BCUT2D eigenvalue weighted by molar-refractivity contribution is 0.730. The first-order valence-electron chi connectivity index (χ1n) is 6.69. The number of nitrogens with two attached hydrogens (primary N) is 1. The molecule has 100 valence electrons. The first kappa shape index (κ1) is 12.6. The van der Waals surface area contributed by atoms with Crippen LogP contribution < -0.4 is 10.6 Å². The fourth-order valence-corrected chi connectivity index (χ4v) is 4.15. The van der Waals surface area contributed by atoms with Crippen LogP contribution in [0.3, 0.4) is 0 Å². The van der Waals surface area contributed by atoms with Gasteiger partial charge in [-0.15, -0.1) is 0 Å². The molecule has 3 nitrogen and oxygen atoms in total. The van der Waals surface area contributed by atoms with Crippen molar-refractivity contribution in [1.29, 1.82) is 0 Å². The van der Waals surface area contributed by atoms with Gasteiger partial charge in [0.2, 0.25) is 0 Å². The van der Waals surface area contributed by atoms with E-state index < -0.39 is 0 Å². The van der Waals surface area contributed by atoms with Crippen molar-refractivity contribution in [3.8, 4) is 0 Å². The number of hydrogen-bond donors (Lipinski definition) is 1. The number of pyridine rings is 1. The average molecular weight is 273 g/mol. The minimum absolute atomic E-state index is 0.660. The minimum Gasteiger partial charge on any atom is -0.397 e. The molecule has 0 spiro atoms. The number of rotatable bonds is 1. The van der Waals surface area contributed by atoms with Crippen molar-refractivity contribution in [2.24, 2.45) is 0 Å². The second-order valence-corrected chi connectivity index (χ2v) is 7.12. The number of nitrogens with zero attached hydrogens (tertiary/aromatic N) is 2. The summed E-state index contributed by atoms with van der Waals surface area (Å²) in [5.74, 6) is 0. The zero-order valence-corrected chi connectivity index (χ0v) is 12.2. The Balaban J connectivity index is 2.07. The third kappa shape index (κ3) is 2.37. The summed E-state index contributed by atoms with van der Waals surface area (Å²) in [5.41, 5.74) is 8.96. The molecule has 2 unspecified atom stereocenters. The lowest BCUT2D eigenvalue weighted by Gasteiger charge is -2.36. The van der Waals surface area contributed by atoms with Crippen LogP contribution in [0.25, 0.3) is 10.9 Å². The van der Waals surface area contributed by atoms with Gasteiger partial charge >= 0.3 is 0 Å². The van der Waals surface area contributed by atoms with Gasteiger partial charge in [0, 0.05) is 40.9 Å². The van der Waals surface area contributed by atoms with Crippen molar-refractivity contribution < 1.29 is 0 Å². The van der Waals surface area contributed by atoms with E-state index in [1.54, 1.807) is 6.20 Å². The zero-order valence-electron chi connectivity index (χ0n) is 11.3. The maximum atomic E-state index is 6.02. The standard InChI is InChI=1S/C15H19N3S/c1-10-8-18(9-11(2)19-10)14-6-5-13(16)15-12(14)4-3-7-17-15/h3-7,10-11H,8-9,16H2,1-2H3. The highest BCUT2D eigenvalue weighted by atomic mass is 32.2. The van der Waals surface area contributed by atoms with Crippen LogP contribution in [0.15, 0.2) is 30.5 Å². The molecule has 1 aromatic heterocycles. The van der Waals surface area contributed by atoms with Gasteiger partial charge in [-0.1, -0.05) is 13.8 Å². The summed E-state index contributed by atoms with van der Waals surface area (Å²) >= 11 is 2.07. The van der Waals surface area contributed by atoms with Crippen molar-refractivity contribution >= 4 is 34.0 Å². The highest BCUT2D eigenvalue weighted by Gasteiger charge is 2.23. The fraction of sp³-hybridized carbons (Fsp3) is 0.400. The molecule has 0 aliphatic carbocycles. The average Bonchev–Trinajstić information content (AvgIpc) is 2.38. The number of fused-ring (bicyclic) bond motifs is 1. The molecule has 19 heavy (non-hydrogen) atoms. The zero-order chi connectivity index (χ0) is 13.4. The third-order valence-corrected chi connectivity index (χ3v) is 4.77. The SMILES string of the molecule is CC1CN(c2ccc(N)c3ncccc23)CC(C)S1. The largest absolute Gasteiger partial charge is 0.397 e. The first-order valence-corrected chi connectivity index (χ1v) is 7.63. The van der Waals surface area contributed by atoms with E-state index in [9.17, 15) is 0 Å². The Labute approximate surface area is 118 Å². The fourth-order valence-electron chi connectivity index (χ4n) is 2.83. The molecule has 2 atom stereocenters. The van der Waals surface area contributed by atoms with Crippen LogP contribution in [0, 0.1) is 0 Å². The van der Waals surface area contributed by atoms with Gasteiger partial charge in [0.05, 0.1) is 11.2 Å². The number of benzene rings is 1. The maximum Gasteiger partial charge on any atom is 0.0951 e. The van der Waals surface area contributed by atoms with Crippen LogP contribution in [0.1, 0.15) is 13.8 Å². The first-order chi connectivity index (χ1) is 9.15. The second-order valence-electron chi connectivity index (χ2n) is 5.24. The number of thioether (sulfide) groups is 1. The van der Waals surface area contributed by atoms with E-state index in [4.69, 9.17) is 5.73 Å². The summed E-state index contributed by atoms with van der Waals surface area (Å²) < 4.78 is 0. The van der Waals surface area contributed by atoms with E-state index in [2.05, 4.69) is 47.6 Å². The van der Waals surface area contributed by atoms with E-state index in [1.807, 2.05) is 12.1 Å². The molecule has 1 aliphatic heterocycles. The quantitative estimate of drug-likeness (QED) is 0.811.